The molecular weight excluding hydrogens is 314 g/mol. The summed E-state index contributed by atoms with van der Waals surface area (Å²) in [5.41, 5.74) is 4.19. The van der Waals surface area contributed by atoms with Crippen LogP contribution in [0.2, 0.25) is 0 Å². The van der Waals surface area contributed by atoms with Gasteiger partial charge in [0, 0.05) is 17.9 Å². The fourth-order valence-corrected chi connectivity index (χ4v) is 3.26. The van der Waals surface area contributed by atoms with Crippen LogP contribution in [0.4, 0.5) is 5.82 Å². The van der Waals surface area contributed by atoms with Crippen LogP contribution in [0.25, 0.3) is 5.69 Å². The molecule has 3 aromatic rings. The van der Waals surface area contributed by atoms with Crippen molar-refractivity contribution in [2.24, 2.45) is 0 Å². The fourth-order valence-electron chi connectivity index (χ4n) is 3.26. The molecule has 0 aliphatic carbocycles. The summed E-state index contributed by atoms with van der Waals surface area (Å²) in [5.74, 6) is 1.50. The molecule has 2 aromatic carbocycles. The first-order chi connectivity index (χ1) is 12.2. The second kappa shape index (κ2) is 6.09. The van der Waals surface area contributed by atoms with Crippen LogP contribution in [-0.2, 0) is 4.79 Å². The molecule has 1 atom stereocenters. The summed E-state index contributed by atoms with van der Waals surface area (Å²) in [6, 6.07) is 15.9. The average molecular weight is 333 g/mol. The minimum Gasteiger partial charge on any atom is -0.497 e. The highest BCUT2D eigenvalue weighted by Gasteiger charge is 2.30. The average Bonchev–Trinajstić information content (AvgIpc) is 3.05. The standard InChI is InChI=1S/C20H19N3O2/c1-13-6-8-15(9-7-13)23-20-18(12-21-23)17(11-19(24)22-20)14-4-3-5-16(10-14)25-2/h3-10,12,17H,11H2,1-2H3,(H,22,24)/t17-/m0/s1. The third-order valence-electron chi connectivity index (χ3n) is 4.59. The fraction of sp³-hybridized carbons (Fsp3) is 0.200. The number of carbonyl (C=O) groups is 1. The van der Waals surface area contributed by atoms with Gasteiger partial charge < -0.3 is 10.1 Å². The number of hydrogen-bond acceptors (Lipinski definition) is 3. The Hall–Kier alpha value is -3.08. The Labute approximate surface area is 146 Å². The van der Waals surface area contributed by atoms with Crippen LogP contribution in [0.1, 0.15) is 29.0 Å². The van der Waals surface area contributed by atoms with Crippen LogP contribution in [0, 0.1) is 6.92 Å². The van der Waals surface area contributed by atoms with Crippen LogP contribution in [0.5, 0.6) is 5.75 Å². The van der Waals surface area contributed by atoms with Gasteiger partial charge in [0.15, 0.2) is 0 Å². The number of aromatic nitrogens is 2. The van der Waals surface area contributed by atoms with Crippen molar-refractivity contribution in [3.05, 3.63) is 71.4 Å². The highest BCUT2D eigenvalue weighted by molar-refractivity contribution is 5.94. The number of hydrogen-bond donors (Lipinski definition) is 1. The summed E-state index contributed by atoms with van der Waals surface area (Å²) in [7, 11) is 1.65. The molecule has 2 heterocycles. The molecule has 4 rings (SSSR count). The number of anilines is 1. The summed E-state index contributed by atoms with van der Waals surface area (Å²) in [6.45, 7) is 2.04. The van der Waals surface area contributed by atoms with Crippen molar-refractivity contribution in [1.82, 2.24) is 9.78 Å². The van der Waals surface area contributed by atoms with Crippen LogP contribution >= 0.6 is 0 Å². The molecule has 1 aliphatic heterocycles. The zero-order chi connectivity index (χ0) is 17.4. The second-order valence-electron chi connectivity index (χ2n) is 6.28. The van der Waals surface area contributed by atoms with E-state index >= 15 is 0 Å². The Bertz CT molecular complexity index is 928. The van der Waals surface area contributed by atoms with Crippen LogP contribution in [-0.4, -0.2) is 22.8 Å². The van der Waals surface area contributed by atoms with Crippen molar-refractivity contribution in [2.75, 3.05) is 12.4 Å². The summed E-state index contributed by atoms with van der Waals surface area (Å²) in [4.78, 5) is 12.3. The lowest BCUT2D eigenvalue weighted by Crippen LogP contribution is -2.24. The number of aryl methyl sites for hydroxylation is 1. The van der Waals surface area contributed by atoms with E-state index in [-0.39, 0.29) is 11.8 Å². The maximum atomic E-state index is 12.3. The molecule has 1 amide bonds. The van der Waals surface area contributed by atoms with E-state index < -0.39 is 0 Å². The molecule has 1 aromatic heterocycles. The number of nitrogens with one attached hydrogen (secondary N) is 1. The Morgan fingerprint density at radius 1 is 1.20 bits per heavy atom. The zero-order valence-corrected chi connectivity index (χ0v) is 14.2. The smallest absolute Gasteiger partial charge is 0.226 e. The topological polar surface area (TPSA) is 56.1 Å². The first kappa shape index (κ1) is 15.4. The molecule has 25 heavy (non-hydrogen) atoms. The van der Waals surface area contributed by atoms with Crippen LogP contribution in [0.15, 0.2) is 54.7 Å². The number of fused-ring (bicyclic) bond motifs is 1. The molecule has 0 saturated heterocycles. The highest BCUT2D eigenvalue weighted by atomic mass is 16.5. The molecule has 0 fully saturated rings. The van der Waals surface area contributed by atoms with Gasteiger partial charge in [-0.05, 0) is 36.8 Å². The zero-order valence-electron chi connectivity index (χ0n) is 14.2. The first-order valence-corrected chi connectivity index (χ1v) is 8.24. The molecule has 0 bridgehead atoms. The monoisotopic (exact) mass is 333 g/mol. The molecule has 0 unspecified atom stereocenters. The van der Waals surface area contributed by atoms with Gasteiger partial charge in [-0.2, -0.15) is 5.10 Å². The summed E-state index contributed by atoms with van der Waals surface area (Å²) in [6.07, 6.45) is 2.25. The molecule has 5 nitrogen and oxygen atoms in total. The van der Waals surface area contributed by atoms with Gasteiger partial charge in [0.1, 0.15) is 11.6 Å². The third kappa shape index (κ3) is 2.78. The van der Waals surface area contributed by atoms with Crippen molar-refractivity contribution in [2.45, 2.75) is 19.3 Å². The SMILES string of the molecule is COc1cccc([C@@H]2CC(=O)Nc3c2cnn3-c2ccc(C)cc2)c1. The lowest BCUT2D eigenvalue weighted by molar-refractivity contribution is -0.116. The van der Waals surface area contributed by atoms with E-state index in [9.17, 15) is 4.79 Å². The maximum absolute atomic E-state index is 12.3. The van der Waals surface area contributed by atoms with Gasteiger partial charge in [0.25, 0.3) is 0 Å². The Balaban J connectivity index is 1.79. The lowest BCUT2D eigenvalue weighted by atomic mass is 9.87. The number of amides is 1. The predicted molar refractivity (Wildman–Crippen MR) is 96.4 cm³/mol. The Kier molecular flexibility index (Phi) is 3.76. The van der Waals surface area contributed by atoms with E-state index in [2.05, 4.69) is 10.4 Å². The molecule has 126 valence electrons. The first-order valence-electron chi connectivity index (χ1n) is 8.24. The largest absolute Gasteiger partial charge is 0.497 e. The van der Waals surface area contributed by atoms with Gasteiger partial charge in [-0.1, -0.05) is 29.8 Å². The minimum absolute atomic E-state index is 0.00539. The van der Waals surface area contributed by atoms with E-state index in [0.717, 1.165) is 28.4 Å². The number of methoxy groups -OCH3 is 1. The van der Waals surface area contributed by atoms with Crippen molar-refractivity contribution < 1.29 is 9.53 Å². The van der Waals surface area contributed by atoms with Gasteiger partial charge in [-0.3, -0.25) is 4.79 Å². The predicted octanol–water partition coefficient (Wildman–Crippen LogP) is 3.66. The number of ether oxygens (including phenoxy) is 1. The number of nitrogens with zero attached hydrogens (tertiary/aromatic N) is 2. The van der Waals surface area contributed by atoms with E-state index in [1.54, 1.807) is 11.8 Å². The molecular formula is C20H19N3O2. The number of carbonyl (C=O) groups excluding carboxylic acids is 1. The van der Waals surface area contributed by atoms with Gasteiger partial charge in [0.2, 0.25) is 5.91 Å². The molecule has 0 spiro atoms. The summed E-state index contributed by atoms with van der Waals surface area (Å²) < 4.78 is 7.12. The van der Waals surface area contributed by atoms with Crippen molar-refractivity contribution >= 4 is 11.7 Å². The van der Waals surface area contributed by atoms with E-state index in [1.807, 2.05) is 61.7 Å². The quantitative estimate of drug-likeness (QED) is 0.796. The molecule has 1 N–H and O–H groups in total. The molecule has 1 aliphatic rings. The Morgan fingerprint density at radius 2 is 2.00 bits per heavy atom. The van der Waals surface area contributed by atoms with Crippen molar-refractivity contribution in [3.8, 4) is 11.4 Å². The molecule has 0 saturated carbocycles. The number of benzene rings is 2. The maximum Gasteiger partial charge on any atom is 0.226 e. The number of rotatable bonds is 3. The molecule has 0 radical (unpaired) electrons. The molecule has 5 heteroatoms. The van der Waals surface area contributed by atoms with Crippen LogP contribution in [0.3, 0.4) is 0 Å². The van der Waals surface area contributed by atoms with E-state index in [0.29, 0.717) is 6.42 Å². The van der Waals surface area contributed by atoms with Gasteiger partial charge in [-0.25, -0.2) is 4.68 Å². The summed E-state index contributed by atoms with van der Waals surface area (Å²) >= 11 is 0. The van der Waals surface area contributed by atoms with E-state index in [1.165, 1.54) is 5.56 Å². The van der Waals surface area contributed by atoms with Gasteiger partial charge in [0.05, 0.1) is 19.0 Å². The lowest BCUT2D eigenvalue weighted by Gasteiger charge is -2.24. The van der Waals surface area contributed by atoms with E-state index in [4.69, 9.17) is 4.74 Å². The minimum atomic E-state index is -0.0296. The van der Waals surface area contributed by atoms with Crippen molar-refractivity contribution in [1.29, 1.82) is 0 Å². The van der Waals surface area contributed by atoms with Gasteiger partial charge in [-0.15, -0.1) is 0 Å². The second-order valence-corrected chi connectivity index (χ2v) is 6.28. The van der Waals surface area contributed by atoms with Crippen LogP contribution < -0.4 is 10.1 Å². The Morgan fingerprint density at radius 3 is 2.76 bits per heavy atom. The summed E-state index contributed by atoms with van der Waals surface area (Å²) in [5, 5.41) is 7.50. The van der Waals surface area contributed by atoms with Crippen molar-refractivity contribution in [3.63, 3.8) is 0 Å². The highest BCUT2D eigenvalue weighted by Crippen LogP contribution is 2.38. The normalized spacial score (nSPS) is 16.2. The third-order valence-corrected chi connectivity index (χ3v) is 4.59. The van der Waals surface area contributed by atoms with Gasteiger partial charge >= 0.3 is 0 Å².